The van der Waals surface area contributed by atoms with Gasteiger partial charge in [0.25, 0.3) is 5.92 Å². The van der Waals surface area contributed by atoms with Gasteiger partial charge >= 0.3 is 0 Å². The van der Waals surface area contributed by atoms with Gasteiger partial charge in [-0.05, 0) is 12.1 Å². The van der Waals surface area contributed by atoms with Crippen molar-refractivity contribution in [1.29, 1.82) is 0 Å². The molecule has 0 atom stereocenters. The van der Waals surface area contributed by atoms with Crippen molar-refractivity contribution in [3.05, 3.63) is 29.8 Å². The first-order valence-electron chi connectivity index (χ1n) is 3.98. The van der Waals surface area contributed by atoms with Gasteiger partial charge in [0.1, 0.15) is 0 Å². The van der Waals surface area contributed by atoms with Crippen LogP contribution >= 0.6 is 0 Å². The average molecular weight is 187 g/mol. The van der Waals surface area contributed by atoms with Crippen molar-refractivity contribution in [3.8, 4) is 0 Å². The normalized spacial score (nSPS) is 11.4. The molecule has 0 aliphatic rings. The van der Waals surface area contributed by atoms with Crippen LogP contribution in [0.25, 0.3) is 0 Å². The van der Waals surface area contributed by atoms with E-state index in [1.807, 2.05) is 5.48 Å². The molecule has 1 rings (SSSR count). The Morgan fingerprint density at radius 2 is 1.85 bits per heavy atom. The molecular formula is C9H11F2NO. The van der Waals surface area contributed by atoms with Gasteiger partial charge in [0.2, 0.25) is 0 Å². The number of hydrogen-bond donors (Lipinski definition) is 2. The summed E-state index contributed by atoms with van der Waals surface area (Å²) in [5.41, 5.74) is 2.24. The molecule has 0 bridgehead atoms. The highest BCUT2D eigenvalue weighted by molar-refractivity contribution is 5.43. The Morgan fingerprint density at radius 1 is 1.31 bits per heavy atom. The van der Waals surface area contributed by atoms with Gasteiger partial charge in [0.15, 0.2) is 0 Å². The van der Waals surface area contributed by atoms with E-state index in [1.54, 1.807) is 0 Å². The second kappa shape index (κ2) is 3.70. The minimum absolute atomic E-state index is 0.0333. The highest BCUT2D eigenvalue weighted by atomic mass is 19.3. The molecule has 0 aliphatic heterocycles. The third kappa shape index (κ3) is 2.15. The lowest BCUT2D eigenvalue weighted by molar-refractivity contribution is -0.00827. The van der Waals surface area contributed by atoms with Crippen molar-refractivity contribution in [2.75, 3.05) is 5.48 Å². The van der Waals surface area contributed by atoms with Crippen LogP contribution < -0.4 is 5.48 Å². The fourth-order valence-corrected chi connectivity index (χ4v) is 0.993. The highest BCUT2D eigenvalue weighted by Gasteiger charge is 2.28. The number of halogens is 2. The Hall–Kier alpha value is -1.16. The lowest BCUT2D eigenvalue weighted by Crippen LogP contribution is -2.11. The highest BCUT2D eigenvalue weighted by Crippen LogP contribution is 2.31. The Morgan fingerprint density at radius 3 is 2.23 bits per heavy atom. The van der Waals surface area contributed by atoms with Crippen molar-refractivity contribution in [3.63, 3.8) is 0 Å². The van der Waals surface area contributed by atoms with Gasteiger partial charge in [-0.3, -0.25) is 10.7 Å². The standard InChI is InChI=1S/C9H11F2NO/c1-2-9(10,11)7-3-5-8(12-13)6-4-7/h3-6,12-13H,2H2,1H3. The molecule has 1 aromatic carbocycles. The topological polar surface area (TPSA) is 32.3 Å². The van der Waals surface area contributed by atoms with E-state index in [9.17, 15) is 8.78 Å². The molecule has 72 valence electrons. The van der Waals surface area contributed by atoms with E-state index < -0.39 is 5.92 Å². The summed E-state index contributed by atoms with van der Waals surface area (Å²) in [7, 11) is 0. The molecule has 2 nitrogen and oxygen atoms in total. The van der Waals surface area contributed by atoms with E-state index in [4.69, 9.17) is 5.21 Å². The molecule has 0 saturated heterocycles. The van der Waals surface area contributed by atoms with E-state index in [1.165, 1.54) is 31.2 Å². The third-order valence-corrected chi connectivity index (χ3v) is 1.88. The Labute approximate surface area is 75.2 Å². The fraction of sp³-hybridized carbons (Fsp3) is 0.333. The van der Waals surface area contributed by atoms with Gasteiger partial charge in [-0.1, -0.05) is 19.1 Å². The second-order valence-electron chi connectivity index (χ2n) is 2.75. The smallest absolute Gasteiger partial charge is 0.273 e. The van der Waals surface area contributed by atoms with Crippen molar-refractivity contribution >= 4 is 5.69 Å². The molecule has 2 N–H and O–H groups in total. The summed E-state index contributed by atoms with van der Waals surface area (Å²) in [4.78, 5) is 0. The first-order chi connectivity index (χ1) is 6.10. The predicted octanol–water partition coefficient (Wildman–Crippen LogP) is 2.99. The van der Waals surface area contributed by atoms with Crippen LogP contribution in [0.5, 0.6) is 0 Å². The average Bonchev–Trinajstić information content (AvgIpc) is 2.18. The molecule has 0 unspecified atom stereocenters. The maximum atomic E-state index is 13.0. The van der Waals surface area contributed by atoms with Crippen LogP contribution in [0.2, 0.25) is 0 Å². The third-order valence-electron chi connectivity index (χ3n) is 1.88. The molecule has 13 heavy (non-hydrogen) atoms. The number of benzene rings is 1. The summed E-state index contributed by atoms with van der Waals surface area (Å²) in [5.74, 6) is -2.78. The van der Waals surface area contributed by atoms with E-state index in [-0.39, 0.29) is 12.0 Å². The number of anilines is 1. The molecule has 0 fully saturated rings. The monoisotopic (exact) mass is 187 g/mol. The molecule has 0 spiro atoms. The number of alkyl halides is 2. The second-order valence-corrected chi connectivity index (χ2v) is 2.75. The minimum Gasteiger partial charge on any atom is -0.291 e. The van der Waals surface area contributed by atoms with Crippen LogP contribution in [0.15, 0.2) is 24.3 Å². The van der Waals surface area contributed by atoms with Gasteiger partial charge in [-0.15, -0.1) is 0 Å². The van der Waals surface area contributed by atoms with Crippen LogP contribution in [0.4, 0.5) is 14.5 Å². The van der Waals surface area contributed by atoms with Gasteiger partial charge in [-0.25, -0.2) is 8.78 Å². The Balaban J connectivity index is 2.92. The molecule has 0 aliphatic carbocycles. The van der Waals surface area contributed by atoms with E-state index in [0.717, 1.165) is 0 Å². The molecule has 0 amide bonds. The number of hydrogen-bond acceptors (Lipinski definition) is 2. The first-order valence-corrected chi connectivity index (χ1v) is 3.98. The largest absolute Gasteiger partial charge is 0.291 e. The van der Waals surface area contributed by atoms with E-state index >= 15 is 0 Å². The summed E-state index contributed by atoms with van der Waals surface area (Å²) in [6.07, 6.45) is -0.223. The molecular weight excluding hydrogens is 176 g/mol. The van der Waals surface area contributed by atoms with Gasteiger partial charge < -0.3 is 0 Å². The maximum Gasteiger partial charge on any atom is 0.273 e. The van der Waals surface area contributed by atoms with Gasteiger partial charge in [-0.2, -0.15) is 0 Å². The van der Waals surface area contributed by atoms with Crippen LogP contribution in [-0.4, -0.2) is 5.21 Å². The zero-order chi connectivity index (χ0) is 9.90. The Bertz CT molecular complexity index is 271. The van der Waals surface area contributed by atoms with Crippen LogP contribution in [0.1, 0.15) is 18.9 Å². The van der Waals surface area contributed by atoms with Crippen LogP contribution in [0.3, 0.4) is 0 Å². The Kier molecular flexibility index (Phi) is 2.83. The number of nitrogens with one attached hydrogen (secondary N) is 1. The summed E-state index contributed by atoms with van der Waals surface area (Å²) in [6.45, 7) is 1.43. The quantitative estimate of drug-likeness (QED) is 0.713. The molecule has 0 aromatic heterocycles. The summed E-state index contributed by atoms with van der Waals surface area (Å²) < 4.78 is 26.1. The van der Waals surface area contributed by atoms with Crippen molar-refractivity contribution in [1.82, 2.24) is 0 Å². The number of rotatable bonds is 3. The zero-order valence-electron chi connectivity index (χ0n) is 7.22. The molecule has 1 aromatic rings. The van der Waals surface area contributed by atoms with Crippen molar-refractivity contribution in [2.45, 2.75) is 19.3 Å². The lowest BCUT2D eigenvalue weighted by atomic mass is 10.1. The van der Waals surface area contributed by atoms with E-state index in [2.05, 4.69) is 0 Å². The van der Waals surface area contributed by atoms with Crippen molar-refractivity contribution in [2.24, 2.45) is 0 Å². The van der Waals surface area contributed by atoms with Crippen molar-refractivity contribution < 1.29 is 14.0 Å². The minimum atomic E-state index is -2.78. The lowest BCUT2D eigenvalue weighted by Gasteiger charge is -2.14. The first kappa shape index (κ1) is 9.92. The summed E-state index contributed by atoms with van der Waals surface area (Å²) in [5, 5.41) is 8.45. The molecule has 0 heterocycles. The van der Waals surface area contributed by atoms with Crippen LogP contribution in [0, 0.1) is 0 Å². The van der Waals surface area contributed by atoms with Gasteiger partial charge in [0, 0.05) is 12.0 Å². The fourth-order valence-electron chi connectivity index (χ4n) is 0.993. The molecule has 4 heteroatoms. The SMILES string of the molecule is CCC(F)(F)c1ccc(NO)cc1. The van der Waals surface area contributed by atoms with Crippen LogP contribution in [-0.2, 0) is 5.92 Å². The maximum absolute atomic E-state index is 13.0. The van der Waals surface area contributed by atoms with E-state index in [0.29, 0.717) is 5.69 Å². The summed E-state index contributed by atoms with van der Waals surface area (Å²) >= 11 is 0. The molecule has 0 saturated carbocycles. The zero-order valence-corrected chi connectivity index (χ0v) is 7.22. The molecule has 0 radical (unpaired) electrons. The summed E-state index contributed by atoms with van der Waals surface area (Å²) in [6, 6.07) is 5.39. The predicted molar refractivity (Wildman–Crippen MR) is 46.0 cm³/mol. The van der Waals surface area contributed by atoms with Gasteiger partial charge in [0.05, 0.1) is 5.69 Å².